The minimum Gasteiger partial charge on any atom is -0.387 e. The number of β-amino-alcohol motifs (C(OH)–C–C–N with tert-alkyl or cyclic N) is 1. The van der Waals surface area contributed by atoms with Crippen molar-refractivity contribution in [3.05, 3.63) is 35.9 Å². The minimum absolute atomic E-state index is 0.337. The Bertz CT molecular complexity index is 304. The molecule has 94 valence electrons. The van der Waals surface area contributed by atoms with Crippen molar-refractivity contribution in [2.45, 2.75) is 38.2 Å². The third-order valence-electron chi connectivity index (χ3n) is 3.56. The van der Waals surface area contributed by atoms with Crippen LogP contribution in [-0.2, 0) is 0 Å². The predicted molar refractivity (Wildman–Crippen MR) is 70.9 cm³/mol. The van der Waals surface area contributed by atoms with E-state index in [4.69, 9.17) is 0 Å². The van der Waals surface area contributed by atoms with Gasteiger partial charge in [0, 0.05) is 6.54 Å². The van der Waals surface area contributed by atoms with Crippen LogP contribution in [0.2, 0.25) is 0 Å². The standard InChI is InChI=1S/C15H23NO/c17-15(14-9-5-4-6-10-14)13-16-11-7-2-1-3-8-12-16/h4-6,9-10,15,17H,1-3,7-8,11-13H2. The zero-order chi connectivity index (χ0) is 11.9. The molecule has 0 amide bonds. The molecule has 1 aromatic carbocycles. The van der Waals surface area contributed by atoms with Crippen LogP contribution in [0.4, 0.5) is 0 Å². The average Bonchev–Trinajstić information content (AvgIpc) is 2.33. The SMILES string of the molecule is OC(CN1CCCCCCC1)c1ccccc1. The van der Waals surface area contributed by atoms with Gasteiger partial charge in [0.1, 0.15) is 0 Å². The Morgan fingerprint density at radius 1 is 0.941 bits per heavy atom. The number of aliphatic hydroxyl groups excluding tert-OH is 1. The maximum Gasteiger partial charge on any atom is 0.0916 e. The predicted octanol–water partition coefficient (Wildman–Crippen LogP) is 2.99. The number of aliphatic hydroxyl groups is 1. The first-order valence-corrected chi connectivity index (χ1v) is 6.81. The van der Waals surface area contributed by atoms with Crippen LogP contribution in [0.1, 0.15) is 43.8 Å². The molecule has 2 heteroatoms. The summed E-state index contributed by atoms with van der Waals surface area (Å²) in [6, 6.07) is 9.99. The molecule has 0 bridgehead atoms. The molecule has 1 saturated heterocycles. The van der Waals surface area contributed by atoms with E-state index in [1.807, 2.05) is 30.3 Å². The zero-order valence-electron chi connectivity index (χ0n) is 10.5. The van der Waals surface area contributed by atoms with Gasteiger partial charge in [-0.15, -0.1) is 0 Å². The second-order valence-corrected chi connectivity index (χ2v) is 4.99. The summed E-state index contributed by atoms with van der Waals surface area (Å²) < 4.78 is 0. The molecule has 17 heavy (non-hydrogen) atoms. The number of benzene rings is 1. The number of hydrogen-bond donors (Lipinski definition) is 1. The summed E-state index contributed by atoms with van der Waals surface area (Å²) >= 11 is 0. The number of hydrogen-bond acceptors (Lipinski definition) is 2. The molecule has 1 aliphatic rings. The van der Waals surface area contributed by atoms with E-state index in [1.165, 1.54) is 32.1 Å². The first-order chi connectivity index (χ1) is 8.36. The van der Waals surface area contributed by atoms with Crippen LogP contribution in [-0.4, -0.2) is 29.6 Å². The molecule has 1 atom stereocenters. The Labute approximate surface area is 104 Å². The fraction of sp³-hybridized carbons (Fsp3) is 0.600. The van der Waals surface area contributed by atoms with Gasteiger partial charge in [-0.1, -0.05) is 49.6 Å². The highest BCUT2D eigenvalue weighted by Gasteiger charge is 2.14. The Balaban J connectivity index is 1.86. The molecular weight excluding hydrogens is 210 g/mol. The van der Waals surface area contributed by atoms with E-state index >= 15 is 0 Å². The van der Waals surface area contributed by atoms with Gasteiger partial charge in [0.25, 0.3) is 0 Å². The van der Waals surface area contributed by atoms with E-state index in [9.17, 15) is 5.11 Å². The van der Waals surface area contributed by atoms with Crippen LogP contribution < -0.4 is 0 Å². The lowest BCUT2D eigenvalue weighted by molar-refractivity contribution is 0.108. The maximum absolute atomic E-state index is 10.2. The summed E-state index contributed by atoms with van der Waals surface area (Å²) in [6.45, 7) is 3.07. The molecule has 0 aromatic heterocycles. The van der Waals surface area contributed by atoms with Crippen molar-refractivity contribution in [2.24, 2.45) is 0 Å². The number of likely N-dealkylation sites (tertiary alicyclic amines) is 1. The smallest absolute Gasteiger partial charge is 0.0916 e. The first-order valence-electron chi connectivity index (χ1n) is 6.81. The zero-order valence-corrected chi connectivity index (χ0v) is 10.5. The summed E-state index contributed by atoms with van der Waals surface area (Å²) in [4.78, 5) is 2.41. The van der Waals surface area contributed by atoms with E-state index in [2.05, 4.69) is 4.90 Å². The van der Waals surface area contributed by atoms with Crippen LogP contribution in [0.15, 0.2) is 30.3 Å². The van der Waals surface area contributed by atoms with Gasteiger partial charge in [0.2, 0.25) is 0 Å². The largest absolute Gasteiger partial charge is 0.387 e. The minimum atomic E-state index is -0.337. The summed E-state index contributed by atoms with van der Waals surface area (Å²) in [7, 11) is 0. The molecule has 1 fully saturated rings. The molecule has 0 aliphatic carbocycles. The summed E-state index contributed by atoms with van der Waals surface area (Å²) in [5, 5.41) is 10.2. The first kappa shape index (κ1) is 12.6. The monoisotopic (exact) mass is 233 g/mol. The summed E-state index contributed by atoms with van der Waals surface area (Å²) in [6.07, 6.45) is 6.30. The highest BCUT2D eigenvalue weighted by Crippen LogP contribution is 2.16. The van der Waals surface area contributed by atoms with Gasteiger partial charge >= 0.3 is 0 Å². The molecule has 0 saturated carbocycles. The Morgan fingerprint density at radius 2 is 1.53 bits per heavy atom. The lowest BCUT2D eigenvalue weighted by Crippen LogP contribution is -2.31. The van der Waals surface area contributed by atoms with Gasteiger partial charge in [-0.3, -0.25) is 0 Å². The van der Waals surface area contributed by atoms with E-state index in [1.54, 1.807) is 0 Å². The molecule has 1 unspecified atom stereocenters. The average molecular weight is 233 g/mol. The summed E-state index contributed by atoms with van der Waals surface area (Å²) in [5.74, 6) is 0. The number of rotatable bonds is 3. The maximum atomic E-state index is 10.2. The number of nitrogens with zero attached hydrogens (tertiary/aromatic N) is 1. The van der Waals surface area contributed by atoms with Gasteiger partial charge in [0.05, 0.1) is 6.10 Å². The van der Waals surface area contributed by atoms with E-state index in [0.29, 0.717) is 0 Å². The Morgan fingerprint density at radius 3 is 2.18 bits per heavy atom. The van der Waals surface area contributed by atoms with Crippen LogP contribution in [0.3, 0.4) is 0 Å². The topological polar surface area (TPSA) is 23.5 Å². The van der Waals surface area contributed by atoms with Crippen molar-refractivity contribution in [1.29, 1.82) is 0 Å². The highest BCUT2D eigenvalue weighted by atomic mass is 16.3. The molecule has 2 nitrogen and oxygen atoms in total. The molecule has 0 radical (unpaired) electrons. The molecule has 1 aromatic rings. The summed E-state index contributed by atoms with van der Waals surface area (Å²) in [5.41, 5.74) is 1.04. The van der Waals surface area contributed by atoms with Gasteiger partial charge in [-0.2, -0.15) is 0 Å². The Kier molecular flexibility index (Phi) is 5.02. The second-order valence-electron chi connectivity index (χ2n) is 4.99. The Hall–Kier alpha value is -0.860. The van der Waals surface area contributed by atoms with Crippen molar-refractivity contribution in [2.75, 3.05) is 19.6 Å². The molecule has 1 N–H and O–H groups in total. The quantitative estimate of drug-likeness (QED) is 0.867. The van der Waals surface area contributed by atoms with Gasteiger partial charge < -0.3 is 10.0 Å². The molecular formula is C15H23NO. The van der Waals surface area contributed by atoms with Gasteiger partial charge in [0.15, 0.2) is 0 Å². The van der Waals surface area contributed by atoms with Crippen LogP contribution in [0.5, 0.6) is 0 Å². The van der Waals surface area contributed by atoms with Crippen molar-refractivity contribution < 1.29 is 5.11 Å². The van der Waals surface area contributed by atoms with Crippen molar-refractivity contribution in [1.82, 2.24) is 4.90 Å². The third-order valence-corrected chi connectivity index (χ3v) is 3.56. The van der Waals surface area contributed by atoms with Crippen LogP contribution in [0, 0.1) is 0 Å². The lowest BCUT2D eigenvalue weighted by Gasteiger charge is -2.26. The van der Waals surface area contributed by atoms with E-state index in [-0.39, 0.29) is 6.10 Å². The van der Waals surface area contributed by atoms with Crippen LogP contribution in [0.25, 0.3) is 0 Å². The van der Waals surface area contributed by atoms with Crippen molar-refractivity contribution >= 4 is 0 Å². The van der Waals surface area contributed by atoms with E-state index in [0.717, 1.165) is 25.2 Å². The molecule has 1 aliphatic heterocycles. The van der Waals surface area contributed by atoms with E-state index < -0.39 is 0 Å². The fourth-order valence-electron chi connectivity index (χ4n) is 2.52. The fourth-order valence-corrected chi connectivity index (χ4v) is 2.52. The molecule has 0 spiro atoms. The lowest BCUT2D eigenvalue weighted by atomic mass is 10.1. The van der Waals surface area contributed by atoms with Crippen molar-refractivity contribution in [3.63, 3.8) is 0 Å². The highest BCUT2D eigenvalue weighted by molar-refractivity contribution is 5.17. The molecule has 1 heterocycles. The second kappa shape index (κ2) is 6.77. The third kappa shape index (κ3) is 4.14. The van der Waals surface area contributed by atoms with Crippen LogP contribution >= 0.6 is 0 Å². The normalized spacial score (nSPS) is 20.5. The molecule has 2 rings (SSSR count). The van der Waals surface area contributed by atoms with Gasteiger partial charge in [-0.25, -0.2) is 0 Å². The van der Waals surface area contributed by atoms with Crippen molar-refractivity contribution in [3.8, 4) is 0 Å². The van der Waals surface area contributed by atoms with Gasteiger partial charge in [-0.05, 0) is 31.5 Å².